The van der Waals surface area contributed by atoms with Crippen molar-refractivity contribution in [2.45, 2.75) is 18.9 Å². The average Bonchev–Trinajstić information content (AvgIpc) is 3.25. The Kier molecular flexibility index (Phi) is 2.92. The van der Waals surface area contributed by atoms with Gasteiger partial charge >= 0.3 is 0 Å². The van der Waals surface area contributed by atoms with E-state index in [4.69, 9.17) is 0 Å². The average molecular weight is 296 g/mol. The molecule has 2 aromatic heterocycles. The number of aryl methyl sites for hydroxylation is 1. The predicted molar refractivity (Wildman–Crippen MR) is 80.1 cm³/mol. The van der Waals surface area contributed by atoms with E-state index in [1.807, 2.05) is 36.5 Å². The van der Waals surface area contributed by atoms with Crippen LogP contribution < -0.4 is 0 Å². The van der Waals surface area contributed by atoms with Crippen LogP contribution in [0.3, 0.4) is 0 Å². The Balaban J connectivity index is 1.65. The molecule has 1 aromatic carbocycles. The molecular weight excluding hydrogens is 280 g/mol. The number of carbonyl (C=O) groups is 1. The lowest BCUT2D eigenvalue weighted by atomic mass is 10.1. The van der Waals surface area contributed by atoms with E-state index < -0.39 is 0 Å². The van der Waals surface area contributed by atoms with E-state index >= 15 is 0 Å². The van der Waals surface area contributed by atoms with Crippen molar-refractivity contribution < 1.29 is 4.79 Å². The summed E-state index contributed by atoms with van der Waals surface area (Å²) in [5.41, 5.74) is 3.22. The summed E-state index contributed by atoms with van der Waals surface area (Å²) in [7, 11) is 1.89. The number of H-pyrrole nitrogens is 1. The van der Waals surface area contributed by atoms with Crippen molar-refractivity contribution in [3.05, 3.63) is 41.7 Å². The highest BCUT2D eigenvalue weighted by atomic mass is 16.2. The third-order valence-electron chi connectivity index (χ3n) is 4.19. The second kappa shape index (κ2) is 4.94. The van der Waals surface area contributed by atoms with Crippen LogP contribution in [0.25, 0.3) is 11.0 Å². The standard InChI is InChI=1S/C15H16N6O/c1-20-9-11(8-16-20)14-3-2-6-21(14)15(22)10-4-5-12-13(7-10)18-19-17-12/h4-5,7-9,14H,2-3,6H2,1H3,(H,17,18,19)/t14-/m0/s1. The van der Waals surface area contributed by atoms with Gasteiger partial charge in [-0.1, -0.05) is 0 Å². The number of carbonyl (C=O) groups excluding carboxylic acids is 1. The first-order chi connectivity index (χ1) is 10.7. The molecule has 0 radical (unpaired) electrons. The molecule has 4 rings (SSSR count). The van der Waals surface area contributed by atoms with Gasteiger partial charge in [0.1, 0.15) is 11.0 Å². The predicted octanol–water partition coefficient (Wildman–Crippen LogP) is 1.67. The molecule has 1 saturated heterocycles. The number of rotatable bonds is 2. The summed E-state index contributed by atoms with van der Waals surface area (Å²) in [6.07, 6.45) is 5.81. The van der Waals surface area contributed by atoms with E-state index in [2.05, 4.69) is 20.5 Å². The molecular formula is C15H16N6O. The molecule has 1 aliphatic heterocycles. The van der Waals surface area contributed by atoms with Crippen LogP contribution in [-0.2, 0) is 7.05 Å². The second-order valence-corrected chi connectivity index (χ2v) is 5.63. The number of benzene rings is 1. The monoisotopic (exact) mass is 296 g/mol. The van der Waals surface area contributed by atoms with Gasteiger partial charge in [0.15, 0.2) is 0 Å². The van der Waals surface area contributed by atoms with E-state index in [-0.39, 0.29) is 11.9 Å². The Bertz CT molecular complexity index is 835. The fraction of sp³-hybridized carbons (Fsp3) is 0.333. The highest BCUT2D eigenvalue weighted by molar-refractivity contribution is 5.97. The zero-order chi connectivity index (χ0) is 15.1. The number of nitrogens with zero attached hydrogens (tertiary/aromatic N) is 5. The lowest BCUT2D eigenvalue weighted by molar-refractivity contribution is 0.0736. The van der Waals surface area contributed by atoms with Crippen LogP contribution in [-0.4, -0.2) is 42.5 Å². The number of likely N-dealkylation sites (tertiary alicyclic amines) is 1. The zero-order valence-electron chi connectivity index (χ0n) is 12.2. The van der Waals surface area contributed by atoms with Crippen LogP contribution in [0.15, 0.2) is 30.6 Å². The zero-order valence-corrected chi connectivity index (χ0v) is 12.2. The molecule has 0 spiro atoms. The van der Waals surface area contributed by atoms with E-state index in [9.17, 15) is 4.79 Å². The number of aromatic nitrogens is 5. The summed E-state index contributed by atoms with van der Waals surface area (Å²) in [5, 5.41) is 14.9. The summed E-state index contributed by atoms with van der Waals surface area (Å²) in [6.45, 7) is 0.773. The topological polar surface area (TPSA) is 79.7 Å². The van der Waals surface area contributed by atoms with Crippen LogP contribution in [0.4, 0.5) is 0 Å². The van der Waals surface area contributed by atoms with E-state index in [0.717, 1.165) is 30.5 Å². The Morgan fingerprint density at radius 2 is 2.18 bits per heavy atom. The molecule has 0 unspecified atom stereocenters. The lowest BCUT2D eigenvalue weighted by Crippen LogP contribution is -2.30. The maximum atomic E-state index is 12.8. The van der Waals surface area contributed by atoms with Crippen LogP contribution in [0, 0.1) is 0 Å². The molecule has 3 aromatic rings. The minimum Gasteiger partial charge on any atom is -0.331 e. The van der Waals surface area contributed by atoms with Crippen molar-refractivity contribution in [3.8, 4) is 0 Å². The van der Waals surface area contributed by atoms with Gasteiger partial charge in [-0.05, 0) is 31.0 Å². The number of aromatic amines is 1. The van der Waals surface area contributed by atoms with Gasteiger partial charge in [0.05, 0.1) is 12.2 Å². The van der Waals surface area contributed by atoms with Gasteiger partial charge in [0.25, 0.3) is 5.91 Å². The number of fused-ring (bicyclic) bond motifs is 1. The SMILES string of the molecule is Cn1cc([C@@H]2CCCN2C(=O)c2ccc3n[nH]nc3c2)cn1. The Labute approximate surface area is 126 Å². The molecule has 1 fully saturated rings. The normalized spacial score (nSPS) is 18.2. The van der Waals surface area contributed by atoms with Crippen LogP contribution >= 0.6 is 0 Å². The molecule has 1 aliphatic rings. The first-order valence-electron chi connectivity index (χ1n) is 7.32. The molecule has 1 N–H and O–H groups in total. The van der Waals surface area contributed by atoms with Gasteiger partial charge in [0.2, 0.25) is 0 Å². The van der Waals surface area contributed by atoms with Gasteiger partial charge in [-0.3, -0.25) is 9.48 Å². The van der Waals surface area contributed by atoms with Crippen molar-refractivity contribution in [1.82, 2.24) is 30.1 Å². The van der Waals surface area contributed by atoms with Gasteiger partial charge < -0.3 is 4.90 Å². The van der Waals surface area contributed by atoms with Gasteiger partial charge in [0, 0.05) is 30.9 Å². The summed E-state index contributed by atoms with van der Waals surface area (Å²) in [6, 6.07) is 5.53. The van der Waals surface area contributed by atoms with Crippen LogP contribution in [0.5, 0.6) is 0 Å². The molecule has 7 nitrogen and oxygen atoms in total. The van der Waals surface area contributed by atoms with Crippen molar-refractivity contribution in [3.63, 3.8) is 0 Å². The third-order valence-corrected chi connectivity index (χ3v) is 4.19. The number of hydrogen-bond donors (Lipinski definition) is 1. The molecule has 0 bridgehead atoms. The quantitative estimate of drug-likeness (QED) is 0.780. The summed E-state index contributed by atoms with van der Waals surface area (Å²) < 4.78 is 1.78. The Morgan fingerprint density at radius 1 is 1.32 bits per heavy atom. The Hall–Kier alpha value is -2.70. The minimum absolute atomic E-state index is 0.0382. The number of amides is 1. The molecule has 22 heavy (non-hydrogen) atoms. The maximum Gasteiger partial charge on any atom is 0.254 e. The molecule has 0 aliphatic carbocycles. The molecule has 1 atom stereocenters. The minimum atomic E-state index is 0.0382. The molecule has 3 heterocycles. The highest BCUT2D eigenvalue weighted by Crippen LogP contribution is 2.33. The Morgan fingerprint density at radius 3 is 3.00 bits per heavy atom. The van der Waals surface area contributed by atoms with Crippen molar-refractivity contribution in [1.29, 1.82) is 0 Å². The second-order valence-electron chi connectivity index (χ2n) is 5.63. The van der Waals surface area contributed by atoms with Gasteiger partial charge in [-0.15, -0.1) is 0 Å². The van der Waals surface area contributed by atoms with Crippen molar-refractivity contribution in [2.24, 2.45) is 7.05 Å². The fourth-order valence-corrected chi connectivity index (χ4v) is 3.11. The first-order valence-corrected chi connectivity index (χ1v) is 7.32. The molecule has 7 heteroatoms. The summed E-state index contributed by atoms with van der Waals surface area (Å²) in [4.78, 5) is 14.8. The lowest BCUT2D eigenvalue weighted by Gasteiger charge is -2.24. The molecule has 1 amide bonds. The first kappa shape index (κ1) is 13.0. The van der Waals surface area contributed by atoms with E-state index in [0.29, 0.717) is 11.1 Å². The van der Waals surface area contributed by atoms with Gasteiger partial charge in [-0.25, -0.2) is 0 Å². The summed E-state index contributed by atoms with van der Waals surface area (Å²) >= 11 is 0. The van der Waals surface area contributed by atoms with Crippen LogP contribution in [0.2, 0.25) is 0 Å². The fourth-order valence-electron chi connectivity index (χ4n) is 3.11. The number of hydrogen-bond acceptors (Lipinski definition) is 4. The van der Waals surface area contributed by atoms with Gasteiger partial charge in [-0.2, -0.15) is 20.5 Å². The highest BCUT2D eigenvalue weighted by Gasteiger charge is 2.31. The number of nitrogens with one attached hydrogen (secondary N) is 1. The maximum absolute atomic E-state index is 12.8. The van der Waals surface area contributed by atoms with E-state index in [1.54, 1.807) is 10.7 Å². The third kappa shape index (κ3) is 2.05. The van der Waals surface area contributed by atoms with Crippen LogP contribution in [0.1, 0.15) is 34.8 Å². The summed E-state index contributed by atoms with van der Waals surface area (Å²) in [5.74, 6) is 0.0382. The largest absolute Gasteiger partial charge is 0.331 e. The van der Waals surface area contributed by atoms with E-state index in [1.165, 1.54) is 0 Å². The smallest absolute Gasteiger partial charge is 0.254 e. The van der Waals surface area contributed by atoms with Crippen molar-refractivity contribution >= 4 is 16.9 Å². The molecule has 112 valence electrons. The molecule has 0 saturated carbocycles. The van der Waals surface area contributed by atoms with Crippen molar-refractivity contribution in [2.75, 3.05) is 6.54 Å².